The molecule has 2 aromatic heterocycles. The number of fused-ring (bicyclic) bond motifs is 1. The molecule has 7 heteroatoms. The minimum absolute atomic E-state index is 0.122. The summed E-state index contributed by atoms with van der Waals surface area (Å²) < 4.78 is 5.36. The lowest BCUT2D eigenvalue weighted by Gasteiger charge is -2.14. The van der Waals surface area contributed by atoms with E-state index in [1.807, 2.05) is 51.1 Å². The minimum atomic E-state index is -0.450. The van der Waals surface area contributed by atoms with Crippen LogP contribution in [0.1, 0.15) is 32.1 Å². The first-order chi connectivity index (χ1) is 12.9. The van der Waals surface area contributed by atoms with Crippen LogP contribution < -0.4 is 5.56 Å². The van der Waals surface area contributed by atoms with Gasteiger partial charge in [-0.1, -0.05) is 49.0 Å². The smallest absolute Gasteiger partial charge is 0.319 e. The summed E-state index contributed by atoms with van der Waals surface area (Å²) in [6.07, 6.45) is 0.643. The van der Waals surface area contributed by atoms with Crippen molar-refractivity contribution in [2.45, 2.75) is 50.6 Å². The summed E-state index contributed by atoms with van der Waals surface area (Å²) in [6.45, 7) is 7.58. The van der Waals surface area contributed by atoms with Crippen molar-refractivity contribution in [1.82, 2.24) is 9.97 Å². The number of hydrogen-bond donors (Lipinski definition) is 1. The second-order valence-corrected chi connectivity index (χ2v) is 8.90. The molecule has 1 N–H and O–H groups in total. The maximum atomic E-state index is 12.8. The first-order valence-corrected chi connectivity index (χ1v) is 10.6. The van der Waals surface area contributed by atoms with Gasteiger partial charge in [-0.25, -0.2) is 4.98 Å². The van der Waals surface area contributed by atoms with Crippen LogP contribution in [0.2, 0.25) is 0 Å². The Kier molecular flexibility index (Phi) is 6.01. The van der Waals surface area contributed by atoms with Crippen LogP contribution in [0.4, 0.5) is 0 Å². The second kappa shape index (κ2) is 8.27. The number of thioether (sulfide) groups is 1. The average molecular weight is 403 g/mol. The molecule has 2 atom stereocenters. The van der Waals surface area contributed by atoms with E-state index in [0.717, 1.165) is 22.4 Å². The Bertz CT molecular complexity index is 1010. The Morgan fingerprint density at radius 3 is 2.67 bits per heavy atom. The van der Waals surface area contributed by atoms with Crippen molar-refractivity contribution >= 4 is 39.3 Å². The van der Waals surface area contributed by atoms with E-state index in [-0.39, 0.29) is 17.6 Å². The maximum absolute atomic E-state index is 12.8. The highest BCUT2D eigenvalue weighted by Gasteiger charge is 2.21. The normalized spacial score (nSPS) is 13.5. The molecule has 0 aliphatic heterocycles. The third-order valence-corrected chi connectivity index (χ3v) is 6.25. The van der Waals surface area contributed by atoms with E-state index in [0.29, 0.717) is 15.4 Å². The molecule has 0 aliphatic rings. The van der Waals surface area contributed by atoms with E-state index >= 15 is 0 Å². The van der Waals surface area contributed by atoms with Gasteiger partial charge in [0, 0.05) is 10.4 Å². The number of aryl methyl sites for hydroxylation is 1. The van der Waals surface area contributed by atoms with E-state index in [1.165, 1.54) is 23.1 Å². The van der Waals surface area contributed by atoms with E-state index in [4.69, 9.17) is 4.74 Å². The number of H-pyrrole nitrogens is 1. The van der Waals surface area contributed by atoms with Gasteiger partial charge in [-0.05, 0) is 32.8 Å². The summed E-state index contributed by atoms with van der Waals surface area (Å²) in [6, 6.07) is 9.83. The molecule has 0 bridgehead atoms. The molecule has 3 aromatic rings. The zero-order chi connectivity index (χ0) is 19.6. The fraction of sp³-hybridized carbons (Fsp3) is 0.350. The highest BCUT2D eigenvalue weighted by molar-refractivity contribution is 8.00. The van der Waals surface area contributed by atoms with Gasteiger partial charge in [-0.2, -0.15) is 0 Å². The Labute approximate surface area is 166 Å². The lowest BCUT2D eigenvalue weighted by molar-refractivity contribution is -0.147. The molecule has 2 unspecified atom stereocenters. The molecule has 0 amide bonds. The number of carbonyl (C=O) groups excluding carboxylic acids is 1. The fourth-order valence-corrected chi connectivity index (χ4v) is 4.59. The summed E-state index contributed by atoms with van der Waals surface area (Å²) in [7, 11) is 0. The van der Waals surface area contributed by atoms with E-state index < -0.39 is 5.25 Å². The number of aromatic amines is 1. The molecule has 5 nitrogen and oxygen atoms in total. The van der Waals surface area contributed by atoms with Crippen LogP contribution in [0.25, 0.3) is 21.3 Å². The van der Waals surface area contributed by atoms with Crippen LogP contribution in [-0.4, -0.2) is 27.3 Å². The van der Waals surface area contributed by atoms with E-state index in [9.17, 15) is 9.59 Å². The number of ether oxygens (including phenoxy) is 1. The summed E-state index contributed by atoms with van der Waals surface area (Å²) in [4.78, 5) is 34.0. The summed E-state index contributed by atoms with van der Waals surface area (Å²) in [5.74, 6) is -0.301. The number of aromatic nitrogens is 2. The predicted octanol–water partition coefficient (Wildman–Crippen LogP) is 4.78. The lowest BCUT2D eigenvalue weighted by Crippen LogP contribution is -2.22. The van der Waals surface area contributed by atoms with Crippen molar-refractivity contribution in [1.29, 1.82) is 0 Å². The van der Waals surface area contributed by atoms with Crippen molar-refractivity contribution in [3.63, 3.8) is 0 Å². The Hall–Kier alpha value is -2.12. The molecule has 0 fully saturated rings. The molecule has 27 heavy (non-hydrogen) atoms. The number of nitrogens with zero attached hydrogens (tertiary/aromatic N) is 1. The second-order valence-electron chi connectivity index (χ2n) is 6.37. The Morgan fingerprint density at radius 2 is 2.00 bits per heavy atom. The fourth-order valence-electron chi connectivity index (χ4n) is 2.70. The van der Waals surface area contributed by atoms with Gasteiger partial charge in [0.2, 0.25) is 0 Å². The van der Waals surface area contributed by atoms with Gasteiger partial charge in [-0.15, -0.1) is 11.3 Å². The predicted molar refractivity (Wildman–Crippen MR) is 112 cm³/mol. The van der Waals surface area contributed by atoms with Crippen LogP contribution in [0.15, 0.2) is 40.3 Å². The molecule has 0 spiro atoms. The summed E-state index contributed by atoms with van der Waals surface area (Å²) in [5, 5.41) is 0.583. The molecule has 0 saturated heterocycles. The van der Waals surface area contributed by atoms with Gasteiger partial charge >= 0.3 is 5.97 Å². The van der Waals surface area contributed by atoms with Gasteiger partial charge in [0.05, 0.1) is 11.5 Å². The summed E-state index contributed by atoms with van der Waals surface area (Å²) >= 11 is 2.70. The van der Waals surface area contributed by atoms with Crippen LogP contribution in [-0.2, 0) is 9.53 Å². The largest absolute Gasteiger partial charge is 0.462 e. The molecular weight excluding hydrogens is 380 g/mol. The van der Waals surface area contributed by atoms with Gasteiger partial charge in [-0.3, -0.25) is 9.59 Å². The first kappa shape index (κ1) is 19.6. The van der Waals surface area contributed by atoms with Crippen molar-refractivity contribution < 1.29 is 9.53 Å². The lowest BCUT2D eigenvalue weighted by atomic mass is 10.0. The Morgan fingerprint density at radius 1 is 1.30 bits per heavy atom. The minimum Gasteiger partial charge on any atom is -0.462 e. The zero-order valence-corrected chi connectivity index (χ0v) is 17.4. The number of esters is 1. The summed E-state index contributed by atoms with van der Waals surface area (Å²) in [5.41, 5.74) is 1.73. The third-order valence-electron chi connectivity index (χ3n) is 4.29. The third kappa shape index (κ3) is 4.25. The van der Waals surface area contributed by atoms with Crippen LogP contribution in [0.3, 0.4) is 0 Å². The Balaban J connectivity index is 1.92. The molecule has 3 rings (SSSR count). The molecule has 142 valence electrons. The average Bonchev–Trinajstić information content (AvgIpc) is 2.98. The van der Waals surface area contributed by atoms with Gasteiger partial charge < -0.3 is 9.72 Å². The van der Waals surface area contributed by atoms with Gasteiger partial charge in [0.25, 0.3) is 5.56 Å². The van der Waals surface area contributed by atoms with Crippen LogP contribution in [0.5, 0.6) is 0 Å². The molecule has 1 aromatic carbocycles. The SMILES string of the molecule is CCC(C)OC(=O)C(C)Sc1nc2sc(C)c(-c3ccccc3)c2c(=O)[nH]1. The number of benzene rings is 1. The quantitative estimate of drug-likeness (QED) is 0.365. The number of hydrogen-bond acceptors (Lipinski definition) is 6. The topological polar surface area (TPSA) is 72.0 Å². The highest BCUT2D eigenvalue weighted by Crippen LogP contribution is 2.36. The zero-order valence-electron chi connectivity index (χ0n) is 15.7. The van der Waals surface area contributed by atoms with Gasteiger partial charge in [0.15, 0.2) is 5.16 Å². The van der Waals surface area contributed by atoms with E-state index in [2.05, 4.69) is 9.97 Å². The maximum Gasteiger partial charge on any atom is 0.319 e. The van der Waals surface area contributed by atoms with Crippen molar-refractivity contribution in [2.24, 2.45) is 0 Å². The number of carbonyl (C=O) groups is 1. The molecule has 0 saturated carbocycles. The number of rotatable bonds is 6. The molecule has 0 aliphatic carbocycles. The van der Waals surface area contributed by atoms with Crippen molar-refractivity contribution in [3.8, 4) is 11.1 Å². The molecule has 0 radical (unpaired) electrons. The number of thiophene rings is 1. The first-order valence-electron chi connectivity index (χ1n) is 8.86. The van der Waals surface area contributed by atoms with Crippen molar-refractivity contribution in [2.75, 3.05) is 0 Å². The monoisotopic (exact) mass is 402 g/mol. The van der Waals surface area contributed by atoms with Crippen LogP contribution in [0, 0.1) is 6.92 Å². The van der Waals surface area contributed by atoms with Crippen LogP contribution >= 0.6 is 23.1 Å². The number of nitrogens with one attached hydrogen (secondary N) is 1. The standard InChI is InChI=1S/C20H22N2O3S2/c1-5-11(2)25-19(24)13(4)27-20-21-17(23)16-15(12(3)26-18(16)22-20)14-9-7-6-8-10-14/h6-11,13H,5H2,1-4H3,(H,21,22,23). The van der Waals surface area contributed by atoms with E-state index in [1.54, 1.807) is 6.92 Å². The highest BCUT2D eigenvalue weighted by atomic mass is 32.2. The molecule has 2 heterocycles. The van der Waals surface area contributed by atoms with Gasteiger partial charge in [0.1, 0.15) is 10.1 Å². The molecular formula is C20H22N2O3S2. The van der Waals surface area contributed by atoms with Crippen molar-refractivity contribution in [3.05, 3.63) is 45.6 Å².